The number of ether oxygens (including phenoxy) is 1. The van der Waals surface area contributed by atoms with Gasteiger partial charge in [0, 0.05) is 11.8 Å². The highest BCUT2D eigenvalue weighted by atomic mass is 16.6. The molecule has 0 aromatic heterocycles. The number of hydrogen-bond donors (Lipinski definition) is 1. The van der Waals surface area contributed by atoms with E-state index in [1.54, 1.807) is 5.57 Å². The molecule has 1 heterocycles. The van der Waals surface area contributed by atoms with Crippen LogP contribution in [0.1, 0.15) is 106 Å². The van der Waals surface area contributed by atoms with Gasteiger partial charge in [0.2, 0.25) is 0 Å². The van der Waals surface area contributed by atoms with Gasteiger partial charge in [-0.2, -0.15) is 0 Å². The van der Waals surface area contributed by atoms with Crippen LogP contribution in [0.3, 0.4) is 0 Å². The summed E-state index contributed by atoms with van der Waals surface area (Å²) in [7, 11) is 0. The summed E-state index contributed by atoms with van der Waals surface area (Å²) in [6, 6.07) is 0. The minimum Gasteiger partial charge on any atom is -0.461 e. The van der Waals surface area contributed by atoms with Crippen molar-refractivity contribution in [2.24, 2.45) is 50.2 Å². The average Bonchev–Trinajstić information content (AvgIpc) is 3.00. The summed E-state index contributed by atoms with van der Waals surface area (Å²) >= 11 is 0. The molecule has 0 spiro atoms. The molecule has 3 heteroatoms. The van der Waals surface area contributed by atoms with E-state index in [1.165, 1.54) is 32.1 Å². The molecule has 4 saturated carbocycles. The number of fused-ring (bicyclic) bond motifs is 10. The lowest BCUT2D eigenvalue weighted by molar-refractivity contribution is -0.204. The van der Waals surface area contributed by atoms with E-state index in [9.17, 15) is 9.90 Å². The standard InChI is InChI=1S/C30H46O3/c1-25(2)20-10-13-30(7)21(28(20,5)12-11-22(25)31)9-8-18-19-16-26(3)17-23(33-24(26)32)27(19,4)14-15-29(18,30)6/h8,19-23,31H,9-17H2,1-7H3/t19-,20-,21+,22-,23-,26?,27+,28-,29+,30+/m0/s1. The molecule has 0 radical (unpaired) electrons. The van der Waals surface area contributed by atoms with E-state index in [-0.39, 0.29) is 50.7 Å². The number of aliphatic hydroxyl groups is 1. The molecule has 6 rings (SSSR count). The van der Waals surface area contributed by atoms with Crippen LogP contribution in [0.4, 0.5) is 0 Å². The number of carbonyl (C=O) groups excluding carboxylic acids is 1. The number of esters is 1. The molecule has 1 aliphatic heterocycles. The number of carbonyl (C=O) groups is 1. The molecule has 5 aliphatic carbocycles. The van der Waals surface area contributed by atoms with Crippen molar-refractivity contribution < 1.29 is 14.6 Å². The van der Waals surface area contributed by atoms with Gasteiger partial charge in [0.1, 0.15) is 6.10 Å². The maximum absolute atomic E-state index is 12.8. The summed E-state index contributed by atoms with van der Waals surface area (Å²) < 4.78 is 6.03. The largest absolute Gasteiger partial charge is 0.461 e. The zero-order valence-corrected chi connectivity index (χ0v) is 22.1. The highest BCUT2D eigenvalue weighted by Gasteiger charge is 2.70. The Morgan fingerprint density at radius 3 is 2.33 bits per heavy atom. The molecular weight excluding hydrogens is 408 g/mol. The van der Waals surface area contributed by atoms with Gasteiger partial charge in [-0.3, -0.25) is 4.79 Å². The smallest absolute Gasteiger partial charge is 0.312 e. The molecule has 6 aliphatic rings. The quantitative estimate of drug-likeness (QED) is 0.328. The van der Waals surface area contributed by atoms with E-state index in [1.807, 2.05) is 0 Å². The van der Waals surface area contributed by atoms with Crippen molar-refractivity contribution >= 4 is 5.97 Å². The molecule has 0 aromatic carbocycles. The fourth-order valence-corrected chi connectivity index (χ4v) is 11.1. The second kappa shape index (κ2) is 6.29. The third kappa shape index (κ3) is 2.44. The Morgan fingerprint density at radius 2 is 1.61 bits per heavy atom. The van der Waals surface area contributed by atoms with Crippen LogP contribution in [0.5, 0.6) is 0 Å². The molecule has 33 heavy (non-hydrogen) atoms. The lowest BCUT2D eigenvalue weighted by Crippen LogP contribution is -2.65. The second-order valence-corrected chi connectivity index (χ2v) is 15.1. The first kappa shape index (κ1) is 22.6. The Labute approximate surface area is 201 Å². The Kier molecular flexibility index (Phi) is 4.31. The third-order valence-corrected chi connectivity index (χ3v) is 13.6. The molecule has 1 saturated heterocycles. The van der Waals surface area contributed by atoms with E-state index >= 15 is 0 Å². The lowest BCUT2D eigenvalue weighted by atomic mass is 9.33. The molecule has 2 bridgehead atoms. The molecule has 1 unspecified atom stereocenters. The number of allylic oxidation sites excluding steroid dienone is 2. The Hall–Kier alpha value is -0.830. The molecule has 0 amide bonds. The molecule has 0 aromatic rings. The zero-order chi connectivity index (χ0) is 23.8. The highest BCUT2D eigenvalue weighted by molar-refractivity contribution is 5.79. The van der Waals surface area contributed by atoms with E-state index in [2.05, 4.69) is 54.5 Å². The van der Waals surface area contributed by atoms with Crippen molar-refractivity contribution in [3.05, 3.63) is 11.6 Å². The Morgan fingerprint density at radius 1 is 0.879 bits per heavy atom. The first-order valence-electron chi connectivity index (χ1n) is 13.8. The topological polar surface area (TPSA) is 46.5 Å². The summed E-state index contributed by atoms with van der Waals surface area (Å²) in [5.41, 5.74) is 2.25. The summed E-state index contributed by atoms with van der Waals surface area (Å²) in [5.74, 6) is 1.79. The minimum atomic E-state index is -0.293. The average molecular weight is 455 g/mol. The van der Waals surface area contributed by atoms with Gasteiger partial charge in [-0.15, -0.1) is 0 Å². The Balaban J connectivity index is 1.43. The van der Waals surface area contributed by atoms with Gasteiger partial charge in [-0.1, -0.05) is 53.2 Å². The maximum atomic E-state index is 12.8. The van der Waals surface area contributed by atoms with Crippen LogP contribution in [0.25, 0.3) is 0 Å². The van der Waals surface area contributed by atoms with Crippen molar-refractivity contribution in [1.82, 2.24) is 0 Å². The van der Waals surface area contributed by atoms with Crippen LogP contribution in [0.2, 0.25) is 0 Å². The van der Waals surface area contributed by atoms with Crippen LogP contribution in [0, 0.1) is 50.2 Å². The van der Waals surface area contributed by atoms with Crippen molar-refractivity contribution in [1.29, 1.82) is 0 Å². The van der Waals surface area contributed by atoms with Crippen LogP contribution < -0.4 is 0 Å². The van der Waals surface area contributed by atoms with Crippen LogP contribution in [-0.4, -0.2) is 23.3 Å². The lowest BCUT2D eigenvalue weighted by Gasteiger charge is -2.71. The highest BCUT2D eigenvalue weighted by Crippen LogP contribution is 2.76. The summed E-state index contributed by atoms with van der Waals surface area (Å²) in [4.78, 5) is 12.8. The fourth-order valence-electron chi connectivity index (χ4n) is 11.1. The van der Waals surface area contributed by atoms with Gasteiger partial charge in [-0.25, -0.2) is 0 Å². The number of hydrogen-bond acceptors (Lipinski definition) is 3. The molecule has 3 nitrogen and oxygen atoms in total. The SMILES string of the molecule is CC12C[C@H](OC1=O)[C@]1(C)CC[C@]3(C)C(=CC[C@@H]4[C@@]5(C)CC[C@H](O)C(C)(C)[C@@H]5CC[C@]43C)[C@@H]1C2. The molecular formula is C30H46O3. The fraction of sp³-hybridized carbons (Fsp3) is 0.900. The molecule has 184 valence electrons. The predicted molar refractivity (Wildman–Crippen MR) is 130 cm³/mol. The first-order valence-corrected chi connectivity index (χ1v) is 13.8. The maximum Gasteiger partial charge on any atom is 0.312 e. The van der Waals surface area contributed by atoms with Crippen LogP contribution in [0.15, 0.2) is 11.6 Å². The van der Waals surface area contributed by atoms with Crippen molar-refractivity contribution in [3.63, 3.8) is 0 Å². The van der Waals surface area contributed by atoms with Gasteiger partial charge in [0.25, 0.3) is 0 Å². The molecule has 5 fully saturated rings. The van der Waals surface area contributed by atoms with Crippen molar-refractivity contribution in [2.75, 3.05) is 0 Å². The number of aliphatic hydroxyl groups excluding tert-OH is 1. The van der Waals surface area contributed by atoms with Gasteiger partial charge in [0.05, 0.1) is 11.5 Å². The van der Waals surface area contributed by atoms with E-state index in [4.69, 9.17) is 4.74 Å². The minimum absolute atomic E-state index is 0.000773. The third-order valence-electron chi connectivity index (χ3n) is 13.6. The first-order chi connectivity index (χ1) is 15.2. The summed E-state index contributed by atoms with van der Waals surface area (Å²) in [6.45, 7) is 17.1. The van der Waals surface area contributed by atoms with Crippen molar-refractivity contribution in [2.45, 2.75) is 118 Å². The molecule has 1 N–H and O–H groups in total. The predicted octanol–water partition coefficient (Wildman–Crippen LogP) is 6.68. The van der Waals surface area contributed by atoms with Gasteiger partial charge >= 0.3 is 5.97 Å². The van der Waals surface area contributed by atoms with E-state index < -0.39 is 0 Å². The van der Waals surface area contributed by atoms with Gasteiger partial charge < -0.3 is 9.84 Å². The van der Waals surface area contributed by atoms with E-state index in [0.29, 0.717) is 17.8 Å². The van der Waals surface area contributed by atoms with E-state index in [0.717, 1.165) is 25.7 Å². The van der Waals surface area contributed by atoms with Crippen LogP contribution in [-0.2, 0) is 9.53 Å². The van der Waals surface area contributed by atoms with Gasteiger partial charge in [-0.05, 0) is 97.7 Å². The zero-order valence-electron chi connectivity index (χ0n) is 22.1. The number of rotatable bonds is 0. The Bertz CT molecular complexity index is 935. The normalized spacial score (nSPS) is 58.8. The van der Waals surface area contributed by atoms with Crippen molar-refractivity contribution in [3.8, 4) is 0 Å². The molecule has 10 atom stereocenters. The van der Waals surface area contributed by atoms with Crippen LogP contribution >= 0.6 is 0 Å². The second-order valence-electron chi connectivity index (χ2n) is 15.1. The van der Waals surface area contributed by atoms with Gasteiger partial charge in [0.15, 0.2) is 0 Å². The summed E-state index contributed by atoms with van der Waals surface area (Å²) in [5, 5.41) is 10.9. The monoisotopic (exact) mass is 454 g/mol. The summed E-state index contributed by atoms with van der Waals surface area (Å²) in [6.07, 6.45) is 12.6.